The van der Waals surface area contributed by atoms with Gasteiger partial charge in [-0.3, -0.25) is 4.79 Å². The zero-order valence-electron chi connectivity index (χ0n) is 15.4. The third kappa shape index (κ3) is 4.10. The maximum Gasteiger partial charge on any atom is 0.251 e. The topological polar surface area (TPSA) is 101 Å². The van der Waals surface area contributed by atoms with E-state index in [4.69, 9.17) is 5.73 Å². The highest BCUT2D eigenvalue weighted by atomic mass is 32.2. The maximum absolute atomic E-state index is 12.8. The van der Waals surface area contributed by atoms with Gasteiger partial charge in [-0.1, -0.05) is 31.7 Å². The van der Waals surface area contributed by atoms with Crippen LogP contribution < -0.4 is 15.8 Å². The van der Waals surface area contributed by atoms with Crippen LogP contribution >= 0.6 is 0 Å². The van der Waals surface area contributed by atoms with Crippen LogP contribution in [0.5, 0.6) is 0 Å². The quantitative estimate of drug-likeness (QED) is 0.705. The monoisotopic (exact) mass is 379 g/mol. The van der Waals surface area contributed by atoms with Gasteiger partial charge in [0.1, 0.15) is 0 Å². The highest BCUT2D eigenvalue weighted by Crippen LogP contribution is 2.29. The molecular weight excluding hydrogens is 350 g/mol. The Balaban J connectivity index is 1.81. The average Bonchev–Trinajstić information content (AvgIpc) is 3.27. The highest BCUT2D eigenvalue weighted by Gasteiger charge is 2.34. The van der Waals surface area contributed by atoms with E-state index in [1.165, 1.54) is 6.07 Å². The lowest BCUT2D eigenvalue weighted by atomic mass is 9.97. The van der Waals surface area contributed by atoms with Crippen LogP contribution in [0.2, 0.25) is 0 Å². The van der Waals surface area contributed by atoms with Crippen LogP contribution in [-0.2, 0) is 10.0 Å². The number of sulfonamides is 1. The first-order chi connectivity index (χ1) is 12.4. The molecule has 0 atom stereocenters. The summed E-state index contributed by atoms with van der Waals surface area (Å²) in [5, 5.41) is 3.05. The molecule has 7 heteroatoms. The minimum atomic E-state index is -3.63. The van der Waals surface area contributed by atoms with E-state index in [2.05, 4.69) is 10.0 Å². The van der Waals surface area contributed by atoms with Crippen molar-refractivity contribution in [3.63, 3.8) is 0 Å². The van der Waals surface area contributed by atoms with Gasteiger partial charge in [0.2, 0.25) is 10.0 Å². The van der Waals surface area contributed by atoms with Gasteiger partial charge in [-0.05, 0) is 50.3 Å². The second-order valence-corrected chi connectivity index (χ2v) is 9.41. The Morgan fingerprint density at radius 2 is 1.85 bits per heavy atom. The van der Waals surface area contributed by atoms with Crippen molar-refractivity contribution in [3.8, 4) is 0 Å². The predicted octanol–water partition coefficient (Wildman–Crippen LogP) is 2.22. The van der Waals surface area contributed by atoms with Crippen molar-refractivity contribution < 1.29 is 13.2 Å². The molecule has 2 aliphatic carbocycles. The van der Waals surface area contributed by atoms with E-state index in [9.17, 15) is 13.2 Å². The third-order valence-electron chi connectivity index (χ3n) is 5.75. The fourth-order valence-electron chi connectivity index (χ4n) is 4.10. The van der Waals surface area contributed by atoms with Gasteiger partial charge in [0.25, 0.3) is 5.91 Å². The molecule has 4 N–H and O–H groups in total. The number of aryl methyl sites for hydroxylation is 1. The number of rotatable bonds is 6. The number of nitrogens with two attached hydrogens (primary N) is 1. The summed E-state index contributed by atoms with van der Waals surface area (Å²) in [4.78, 5) is 12.9. The van der Waals surface area contributed by atoms with Gasteiger partial charge in [0, 0.05) is 18.2 Å². The van der Waals surface area contributed by atoms with Gasteiger partial charge >= 0.3 is 0 Å². The van der Waals surface area contributed by atoms with Crippen LogP contribution in [-0.4, -0.2) is 32.5 Å². The minimum absolute atomic E-state index is 0.00381. The fraction of sp³-hybridized carbons (Fsp3) is 0.632. The van der Waals surface area contributed by atoms with E-state index in [0.717, 1.165) is 51.4 Å². The number of amides is 1. The lowest BCUT2D eigenvalue weighted by molar-refractivity contribution is 0.0903. The van der Waals surface area contributed by atoms with Gasteiger partial charge in [-0.2, -0.15) is 0 Å². The Labute approximate surface area is 156 Å². The van der Waals surface area contributed by atoms with Gasteiger partial charge in [-0.15, -0.1) is 0 Å². The molecule has 0 heterocycles. The van der Waals surface area contributed by atoms with E-state index in [1.54, 1.807) is 19.1 Å². The van der Waals surface area contributed by atoms with Crippen LogP contribution in [0.25, 0.3) is 0 Å². The van der Waals surface area contributed by atoms with Gasteiger partial charge in [0.15, 0.2) is 0 Å². The number of carbonyl (C=O) groups is 1. The molecule has 2 aliphatic rings. The van der Waals surface area contributed by atoms with Crippen LogP contribution in [0.15, 0.2) is 23.1 Å². The van der Waals surface area contributed by atoms with Crippen molar-refractivity contribution in [2.75, 3.05) is 6.54 Å². The Hall–Kier alpha value is -1.44. The third-order valence-corrected chi connectivity index (χ3v) is 7.41. The molecule has 0 bridgehead atoms. The molecular formula is C19H29N3O3S. The zero-order chi connectivity index (χ0) is 18.8. The number of hydrogen-bond donors (Lipinski definition) is 3. The van der Waals surface area contributed by atoms with E-state index < -0.39 is 10.0 Å². The van der Waals surface area contributed by atoms with Crippen LogP contribution in [0, 0.1) is 6.92 Å². The average molecular weight is 380 g/mol. The van der Waals surface area contributed by atoms with Crippen LogP contribution in [0.3, 0.4) is 0 Å². The smallest absolute Gasteiger partial charge is 0.251 e. The zero-order valence-corrected chi connectivity index (χ0v) is 16.2. The van der Waals surface area contributed by atoms with Crippen molar-refractivity contribution >= 4 is 15.9 Å². The first kappa shape index (κ1) is 19.3. The Morgan fingerprint density at radius 3 is 2.46 bits per heavy atom. The summed E-state index contributed by atoms with van der Waals surface area (Å²) in [5.41, 5.74) is 6.53. The van der Waals surface area contributed by atoms with Crippen LogP contribution in [0.1, 0.15) is 67.3 Å². The number of nitrogens with one attached hydrogen (secondary N) is 2. The minimum Gasteiger partial charge on any atom is -0.345 e. The van der Waals surface area contributed by atoms with E-state index in [0.29, 0.717) is 17.7 Å². The van der Waals surface area contributed by atoms with Crippen molar-refractivity contribution in [2.45, 2.75) is 74.8 Å². The summed E-state index contributed by atoms with van der Waals surface area (Å²) in [6.07, 6.45) is 7.69. The van der Waals surface area contributed by atoms with Crippen molar-refractivity contribution in [2.24, 2.45) is 5.73 Å². The molecule has 6 nitrogen and oxygen atoms in total. The second kappa shape index (κ2) is 7.66. The van der Waals surface area contributed by atoms with Gasteiger partial charge in [-0.25, -0.2) is 13.1 Å². The molecule has 144 valence electrons. The molecule has 0 aliphatic heterocycles. The molecule has 0 unspecified atom stereocenters. The van der Waals surface area contributed by atoms with E-state index >= 15 is 0 Å². The maximum atomic E-state index is 12.8. The fourth-order valence-corrected chi connectivity index (χ4v) is 5.68. The molecule has 3 rings (SSSR count). The van der Waals surface area contributed by atoms with Crippen molar-refractivity contribution in [3.05, 3.63) is 29.3 Å². The molecule has 0 radical (unpaired) electrons. The molecule has 1 aromatic rings. The molecule has 26 heavy (non-hydrogen) atoms. The summed E-state index contributed by atoms with van der Waals surface area (Å²) in [6, 6.07) is 4.86. The number of hydrogen-bond acceptors (Lipinski definition) is 4. The van der Waals surface area contributed by atoms with Gasteiger partial charge in [0.05, 0.1) is 10.4 Å². The molecule has 0 saturated heterocycles. The van der Waals surface area contributed by atoms with Crippen molar-refractivity contribution in [1.29, 1.82) is 0 Å². The van der Waals surface area contributed by atoms with Gasteiger partial charge < -0.3 is 11.1 Å². The Kier molecular flexibility index (Phi) is 5.69. The molecule has 1 aromatic carbocycles. The molecule has 2 saturated carbocycles. The van der Waals surface area contributed by atoms with Crippen molar-refractivity contribution in [1.82, 2.24) is 10.0 Å². The summed E-state index contributed by atoms with van der Waals surface area (Å²) < 4.78 is 28.4. The standard InChI is InChI=1S/C19H29N3O3S/c1-14-8-9-15(18(23)21-19(13-20)10-4-5-11-19)12-17(14)26(24,25)22-16-6-2-3-7-16/h8-9,12,16,22H,2-7,10-11,13,20H2,1H3,(H,21,23). The highest BCUT2D eigenvalue weighted by molar-refractivity contribution is 7.89. The van der Waals surface area contributed by atoms with E-state index in [-0.39, 0.29) is 22.4 Å². The SMILES string of the molecule is Cc1ccc(C(=O)NC2(CN)CCCC2)cc1S(=O)(=O)NC1CCCC1. The number of carbonyl (C=O) groups excluding carboxylic acids is 1. The molecule has 1 amide bonds. The van der Waals surface area contributed by atoms with E-state index in [1.807, 2.05) is 0 Å². The Bertz CT molecular complexity index is 764. The lowest BCUT2D eigenvalue weighted by Crippen LogP contribution is -2.51. The second-order valence-electron chi connectivity index (χ2n) is 7.73. The Morgan fingerprint density at radius 1 is 1.19 bits per heavy atom. The number of benzene rings is 1. The largest absolute Gasteiger partial charge is 0.345 e. The van der Waals surface area contributed by atoms with Crippen LogP contribution in [0.4, 0.5) is 0 Å². The summed E-state index contributed by atoms with van der Waals surface area (Å²) >= 11 is 0. The molecule has 0 spiro atoms. The summed E-state index contributed by atoms with van der Waals surface area (Å²) in [7, 11) is -3.63. The summed E-state index contributed by atoms with van der Waals surface area (Å²) in [5.74, 6) is -0.255. The first-order valence-corrected chi connectivity index (χ1v) is 11.0. The first-order valence-electron chi connectivity index (χ1n) is 9.51. The molecule has 0 aromatic heterocycles. The summed E-state index contributed by atoms with van der Waals surface area (Å²) in [6.45, 7) is 2.15. The lowest BCUT2D eigenvalue weighted by Gasteiger charge is -2.28. The predicted molar refractivity (Wildman–Crippen MR) is 101 cm³/mol. The molecule has 2 fully saturated rings. The normalized spacial score (nSPS) is 20.4.